The smallest absolute Gasteiger partial charge is 0.422 e. The van der Waals surface area contributed by atoms with E-state index in [4.69, 9.17) is 4.74 Å². The summed E-state index contributed by atoms with van der Waals surface area (Å²) >= 11 is 0. The molecule has 0 aromatic heterocycles. The van der Waals surface area contributed by atoms with Crippen molar-refractivity contribution in [3.8, 4) is 5.75 Å². The Hall–Kier alpha value is -3.23. The van der Waals surface area contributed by atoms with Gasteiger partial charge in [0.05, 0.1) is 0 Å². The van der Waals surface area contributed by atoms with E-state index in [9.17, 15) is 18.0 Å². The van der Waals surface area contributed by atoms with Gasteiger partial charge in [0, 0.05) is 38.7 Å². The Morgan fingerprint density at radius 3 is 2.45 bits per heavy atom. The number of nitrogens with one attached hydrogen (secondary N) is 3. The second kappa shape index (κ2) is 11.8. The normalized spacial score (nSPS) is 11.7. The van der Waals surface area contributed by atoms with Crippen molar-refractivity contribution in [2.24, 2.45) is 4.99 Å². The van der Waals surface area contributed by atoms with Gasteiger partial charge >= 0.3 is 6.18 Å². The highest BCUT2D eigenvalue weighted by Crippen LogP contribution is 2.23. The first kappa shape index (κ1) is 24.0. The Bertz CT molecular complexity index is 871. The fourth-order valence-electron chi connectivity index (χ4n) is 2.68. The van der Waals surface area contributed by atoms with E-state index >= 15 is 0 Å². The monoisotopic (exact) mass is 436 g/mol. The maximum atomic E-state index is 12.5. The summed E-state index contributed by atoms with van der Waals surface area (Å²) in [6.45, 7) is 1.45. The molecule has 0 unspecified atom stereocenters. The van der Waals surface area contributed by atoms with Crippen LogP contribution in [0.15, 0.2) is 53.5 Å². The van der Waals surface area contributed by atoms with Gasteiger partial charge in [0.15, 0.2) is 12.6 Å². The average Bonchev–Trinajstić information content (AvgIpc) is 2.74. The molecule has 31 heavy (non-hydrogen) atoms. The number of nitrogens with zero attached hydrogens (tertiary/aromatic N) is 1. The molecule has 0 heterocycles. The number of rotatable bonds is 9. The molecule has 6 nitrogen and oxygen atoms in total. The van der Waals surface area contributed by atoms with Crippen molar-refractivity contribution < 1.29 is 22.7 Å². The Kier molecular flexibility index (Phi) is 9.17. The second-order valence-corrected chi connectivity index (χ2v) is 6.88. The summed E-state index contributed by atoms with van der Waals surface area (Å²) in [7, 11) is 1.57. The number of carbonyl (C=O) groups is 1. The van der Waals surface area contributed by atoms with Crippen molar-refractivity contribution in [1.29, 1.82) is 0 Å². The van der Waals surface area contributed by atoms with Crippen LogP contribution in [0, 0.1) is 6.92 Å². The van der Waals surface area contributed by atoms with Crippen LogP contribution in [0.25, 0.3) is 0 Å². The number of guanidine groups is 1. The van der Waals surface area contributed by atoms with Crippen LogP contribution in [0.3, 0.4) is 0 Å². The van der Waals surface area contributed by atoms with Crippen LogP contribution < -0.4 is 20.7 Å². The minimum absolute atomic E-state index is 0.104. The number of aliphatic imine (C=N–C) groups is 1. The number of hydrogen-bond donors (Lipinski definition) is 3. The first-order valence-corrected chi connectivity index (χ1v) is 9.81. The number of ether oxygens (including phenoxy) is 1. The van der Waals surface area contributed by atoms with Crippen molar-refractivity contribution in [1.82, 2.24) is 16.0 Å². The number of benzene rings is 2. The zero-order chi connectivity index (χ0) is 22.7. The van der Waals surface area contributed by atoms with E-state index in [1.54, 1.807) is 32.2 Å². The van der Waals surface area contributed by atoms with Crippen LogP contribution in [-0.4, -0.2) is 38.2 Å². The lowest BCUT2D eigenvalue weighted by Gasteiger charge is -2.16. The predicted octanol–water partition coefficient (Wildman–Crippen LogP) is 3.31. The van der Waals surface area contributed by atoms with Crippen LogP contribution in [0.2, 0.25) is 0 Å². The van der Waals surface area contributed by atoms with E-state index < -0.39 is 12.8 Å². The van der Waals surface area contributed by atoms with E-state index in [1.807, 2.05) is 30.3 Å². The number of halogens is 3. The Morgan fingerprint density at radius 1 is 1.03 bits per heavy atom. The maximum absolute atomic E-state index is 12.5. The lowest BCUT2D eigenvalue weighted by atomic mass is 10.1. The summed E-state index contributed by atoms with van der Waals surface area (Å²) in [6, 6.07) is 14.7. The van der Waals surface area contributed by atoms with Crippen molar-refractivity contribution in [3.05, 3.63) is 65.2 Å². The molecule has 0 aliphatic heterocycles. The van der Waals surface area contributed by atoms with E-state index in [-0.39, 0.29) is 24.6 Å². The lowest BCUT2D eigenvalue weighted by molar-refractivity contribution is -0.153. The largest absolute Gasteiger partial charge is 0.484 e. The van der Waals surface area contributed by atoms with Crippen LogP contribution in [0.4, 0.5) is 13.2 Å². The molecular formula is C22H27F3N4O2. The van der Waals surface area contributed by atoms with Crippen molar-refractivity contribution in [3.63, 3.8) is 0 Å². The molecule has 0 fully saturated rings. The zero-order valence-corrected chi connectivity index (χ0v) is 17.6. The van der Waals surface area contributed by atoms with Crippen molar-refractivity contribution in [2.75, 3.05) is 20.2 Å². The SMILES string of the molecule is CN=C(NCCC(=O)NCc1ccccc1)NCc1ccc(C)cc1OCC(F)(F)F. The molecule has 1 amide bonds. The van der Waals surface area contributed by atoms with Gasteiger partial charge in [-0.3, -0.25) is 9.79 Å². The van der Waals surface area contributed by atoms with Gasteiger partial charge in [-0.05, 0) is 24.1 Å². The summed E-state index contributed by atoms with van der Waals surface area (Å²) in [5.41, 5.74) is 2.38. The Balaban J connectivity index is 1.78. The lowest BCUT2D eigenvalue weighted by Crippen LogP contribution is -2.39. The van der Waals surface area contributed by atoms with Gasteiger partial charge in [-0.15, -0.1) is 0 Å². The third-order valence-electron chi connectivity index (χ3n) is 4.26. The predicted molar refractivity (Wildman–Crippen MR) is 114 cm³/mol. The third-order valence-corrected chi connectivity index (χ3v) is 4.26. The molecule has 168 valence electrons. The van der Waals surface area contributed by atoms with Gasteiger partial charge in [-0.25, -0.2) is 0 Å². The molecule has 3 N–H and O–H groups in total. The van der Waals surface area contributed by atoms with E-state index in [2.05, 4.69) is 20.9 Å². The fourth-order valence-corrected chi connectivity index (χ4v) is 2.68. The van der Waals surface area contributed by atoms with Crippen LogP contribution >= 0.6 is 0 Å². The second-order valence-electron chi connectivity index (χ2n) is 6.88. The Labute approximate surface area is 179 Å². The van der Waals surface area contributed by atoms with Gasteiger partial charge in [0.2, 0.25) is 5.91 Å². The quantitative estimate of drug-likeness (QED) is 0.417. The van der Waals surface area contributed by atoms with Gasteiger partial charge in [0.25, 0.3) is 0 Å². The molecular weight excluding hydrogens is 409 g/mol. The highest BCUT2D eigenvalue weighted by atomic mass is 19.4. The first-order valence-electron chi connectivity index (χ1n) is 9.81. The molecule has 0 spiro atoms. The molecule has 0 aliphatic rings. The standard InChI is InChI=1S/C22H27F3N4O2/c1-16-8-9-18(19(12-16)31-15-22(23,24)25)14-29-21(26-2)27-11-10-20(30)28-13-17-6-4-3-5-7-17/h3-9,12H,10-11,13-15H2,1-2H3,(H,28,30)(H2,26,27,29). The molecule has 9 heteroatoms. The number of alkyl halides is 3. The van der Waals surface area contributed by atoms with Crippen LogP contribution in [-0.2, 0) is 17.9 Å². The number of amides is 1. The molecule has 0 saturated heterocycles. The summed E-state index contributed by atoms with van der Waals surface area (Å²) in [5, 5.41) is 8.87. The molecule has 0 aliphatic carbocycles. The van der Waals surface area contributed by atoms with Crippen LogP contribution in [0.5, 0.6) is 5.75 Å². The summed E-state index contributed by atoms with van der Waals surface area (Å²) in [6.07, 6.45) is -4.16. The van der Waals surface area contributed by atoms with Crippen molar-refractivity contribution >= 4 is 11.9 Å². The first-order chi connectivity index (χ1) is 14.8. The summed E-state index contributed by atoms with van der Waals surface area (Å²) in [4.78, 5) is 16.0. The minimum Gasteiger partial charge on any atom is -0.484 e. The van der Waals surface area contributed by atoms with Gasteiger partial charge in [0.1, 0.15) is 5.75 Å². The van der Waals surface area contributed by atoms with E-state index in [1.165, 1.54) is 0 Å². The van der Waals surface area contributed by atoms with Crippen LogP contribution in [0.1, 0.15) is 23.1 Å². The maximum Gasteiger partial charge on any atom is 0.422 e. The highest BCUT2D eigenvalue weighted by molar-refractivity contribution is 5.81. The summed E-state index contributed by atoms with van der Waals surface area (Å²) < 4.78 is 42.4. The van der Waals surface area contributed by atoms with Crippen molar-refractivity contribution in [2.45, 2.75) is 32.6 Å². The number of hydrogen-bond acceptors (Lipinski definition) is 3. The average molecular weight is 436 g/mol. The fraction of sp³-hybridized carbons (Fsp3) is 0.364. The number of aryl methyl sites for hydroxylation is 1. The van der Waals surface area contributed by atoms with E-state index in [0.29, 0.717) is 24.6 Å². The summed E-state index contributed by atoms with van der Waals surface area (Å²) in [5.74, 6) is 0.493. The molecule has 0 radical (unpaired) electrons. The molecule has 2 aromatic carbocycles. The van der Waals surface area contributed by atoms with Gasteiger partial charge in [-0.1, -0.05) is 42.5 Å². The number of carbonyl (C=O) groups excluding carboxylic acids is 1. The minimum atomic E-state index is -4.41. The molecule has 0 atom stereocenters. The highest BCUT2D eigenvalue weighted by Gasteiger charge is 2.28. The zero-order valence-electron chi connectivity index (χ0n) is 17.6. The molecule has 0 bridgehead atoms. The third kappa shape index (κ3) is 9.41. The van der Waals surface area contributed by atoms with Gasteiger partial charge in [-0.2, -0.15) is 13.2 Å². The van der Waals surface area contributed by atoms with Gasteiger partial charge < -0.3 is 20.7 Å². The molecule has 2 aromatic rings. The molecule has 2 rings (SSSR count). The topological polar surface area (TPSA) is 74.8 Å². The Morgan fingerprint density at radius 2 is 1.77 bits per heavy atom. The molecule has 0 saturated carbocycles. The van der Waals surface area contributed by atoms with E-state index in [0.717, 1.165) is 11.1 Å².